The third-order valence-electron chi connectivity index (χ3n) is 2.72. The van der Waals surface area contributed by atoms with Crippen LogP contribution in [-0.2, 0) is 27.4 Å². The topological polar surface area (TPSA) is 43.4 Å². The zero-order valence-electron chi connectivity index (χ0n) is 10.7. The number of ketones is 1. The van der Waals surface area contributed by atoms with Crippen molar-refractivity contribution in [1.82, 2.24) is 0 Å². The smallest absolute Gasteiger partial charge is 0.375 e. The summed E-state index contributed by atoms with van der Waals surface area (Å²) in [6.07, 6.45) is -0.0894. The Bertz CT molecular complexity index is 591. The number of carbonyl (C=O) groups is 2. The third-order valence-corrected chi connectivity index (χ3v) is 2.72. The molecule has 0 bridgehead atoms. The van der Waals surface area contributed by atoms with Gasteiger partial charge in [-0.1, -0.05) is 42.5 Å². The van der Waals surface area contributed by atoms with Gasteiger partial charge in [-0.05, 0) is 23.3 Å². The molecule has 0 aliphatic carbocycles. The Morgan fingerprint density at radius 2 is 1.55 bits per heavy atom. The second-order valence-corrected chi connectivity index (χ2v) is 4.29. The van der Waals surface area contributed by atoms with Gasteiger partial charge in [0.2, 0.25) is 5.78 Å². The predicted molar refractivity (Wildman–Crippen MR) is 71.3 cm³/mol. The largest absolute Gasteiger partial charge is 0.455 e. The fourth-order valence-electron chi connectivity index (χ4n) is 1.66. The highest BCUT2D eigenvalue weighted by atomic mass is 19.1. The van der Waals surface area contributed by atoms with Crippen molar-refractivity contribution >= 4 is 11.8 Å². The molecule has 0 aliphatic rings. The van der Waals surface area contributed by atoms with E-state index in [1.807, 2.05) is 18.2 Å². The molecule has 0 atom stereocenters. The number of ether oxygens (including phenoxy) is 1. The van der Waals surface area contributed by atoms with E-state index in [-0.39, 0.29) is 18.8 Å². The number of rotatable bonds is 5. The van der Waals surface area contributed by atoms with Gasteiger partial charge in [-0.25, -0.2) is 9.18 Å². The highest BCUT2D eigenvalue weighted by Crippen LogP contribution is 2.06. The van der Waals surface area contributed by atoms with Gasteiger partial charge in [0.15, 0.2) is 0 Å². The van der Waals surface area contributed by atoms with Gasteiger partial charge in [-0.2, -0.15) is 0 Å². The molecule has 4 heteroatoms. The molecule has 2 rings (SSSR count). The fraction of sp³-hybridized carbons (Fsp3) is 0.125. The lowest BCUT2D eigenvalue weighted by atomic mass is 10.1. The lowest BCUT2D eigenvalue weighted by Crippen LogP contribution is -2.19. The molecule has 0 N–H and O–H groups in total. The number of esters is 1. The Morgan fingerprint density at radius 1 is 0.900 bits per heavy atom. The maximum Gasteiger partial charge on any atom is 0.375 e. The van der Waals surface area contributed by atoms with Gasteiger partial charge in [0.25, 0.3) is 0 Å². The molecule has 0 radical (unpaired) electrons. The van der Waals surface area contributed by atoms with Crippen LogP contribution in [0, 0.1) is 5.82 Å². The van der Waals surface area contributed by atoms with E-state index < -0.39 is 11.8 Å². The van der Waals surface area contributed by atoms with Crippen LogP contribution in [-0.4, -0.2) is 11.8 Å². The summed E-state index contributed by atoms with van der Waals surface area (Å²) in [7, 11) is 0. The summed E-state index contributed by atoms with van der Waals surface area (Å²) in [5.41, 5.74) is 1.39. The Morgan fingerprint density at radius 3 is 2.20 bits per heavy atom. The normalized spacial score (nSPS) is 10.1. The molecule has 2 aromatic carbocycles. The number of hydrogen-bond acceptors (Lipinski definition) is 3. The van der Waals surface area contributed by atoms with Crippen molar-refractivity contribution in [3.8, 4) is 0 Å². The van der Waals surface area contributed by atoms with Crippen molar-refractivity contribution in [2.24, 2.45) is 0 Å². The minimum absolute atomic E-state index is 0.0643. The number of benzene rings is 2. The molecule has 0 aromatic heterocycles. The predicted octanol–water partition coefficient (Wildman–Crippen LogP) is 2.68. The van der Waals surface area contributed by atoms with Crippen LogP contribution in [0.4, 0.5) is 4.39 Å². The molecule has 3 nitrogen and oxygen atoms in total. The minimum Gasteiger partial charge on any atom is -0.455 e. The summed E-state index contributed by atoms with van der Waals surface area (Å²) in [6, 6.07) is 14.5. The van der Waals surface area contributed by atoms with Gasteiger partial charge < -0.3 is 4.74 Å². The van der Waals surface area contributed by atoms with E-state index in [2.05, 4.69) is 0 Å². The van der Waals surface area contributed by atoms with Crippen molar-refractivity contribution < 1.29 is 18.7 Å². The van der Waals surface area contributed by atoms with E-state index in [0.29, 0.717) is 5.56 Å². The van der Waals surface area contributed by atoms with Gasteiger partial charge in [0.05, 0.1) is 0 Å². The van der Waals surface area contributed by atoms with Crippen molar-refractivity contribution in [3.05, 3.63) is 71.5 Å². The Hall–Kier alpha value is -2.49. The quantitative estimate of drug-likeness (QED) is 0.621. The molecule has 0 fully saturated rings. The summed E-state index contributed by atoms with van der Waals surface area (Å²) in [4.78, 5) is 23.2. The number of carbonyl (C=O) groups excluding carboxylic acids is 2. The summed E-state index contributed by atoms with van der Waals surface area (Å²) in [5.74, 6) is -1.90. The third kappa shape index (κ3) is 4.02. The summed E-state index contributed by atoms with van der Waals surface area (Å²) >= 11 is 0. The van der Waals surface area contributed by atoms with Crippen LogP contribution in [0.5, 0.6) is 0 Å². The van der Waals surface area contributed by atoms with Gasteiger partial charge >= 0.3 is 5.97 Å². The van der Waals surface area contributed by atoms with Gasteiger partial charge in [0, 0.05) is 6.42 Å². The van der Waals surface area contributed by atoms with Crippen LogP contribution in [0.25, 0.3) is 0 Å². The van der Waals surface area contributed by atoms with Crippen LogP contribution in [0.1, 0.15) is 11.1 Å². The van der Waals surface area contributed by atoms with E-state index in [1.54, 1.807) is 12.1 Å². The van der Waals surface area contributed by atoms with Crippen LogP contribution in [0.15, 0.2) is 54.6 Å². The first-order valence-corrected chi connectivity index (χ1v) is 6.13. The van der Waals surface area contributed by atoms with Gasteiger partial charge in [0.1, 0.15) is 12.4 Å². The second-order valence-electron chi connectivity index (χ2n) is 4.29. The molecule has 0 aliphatic heterocycles. The molecule has 0 unspecified atom stereocenters. The minimum atomic E-state index is -0.877. The van der Waals surface area contributed by atoms with Crippen molar-refractivity contribution in [3.63, 3.8) is 0 Å². The molecule has 0 spiro atoms. The van der Waals surface area contributed by atoms with Crippen LogP contribution >= 0.6 is 0 Å². The maximum atomic E-state index is 12.7. The van der Waals surface area contributed by atoms with Crippen LogP contribution in [0.3, 0.4) is 0 Å². The van der Waals surface area contributed by atoms with E-state index in [4.69, 9.17) is 4.74 Å². The number of Topliss-reactive ketones (excluding diaryl/α,β-unsaturated/α-hetero) is 1. The molecule has 0 heterocycles. The highest BCUT2D eigenvalue weighted by Gasteiger charge is 2.16. The molecule has 102 valence electrons. The molecule has 2 aromatic rings. The zero-order chi connectivity index (χ0) is 14.4. The zero-order valence-corrected chi connectivity index (χ0v) is 10.7. The molecule has 0 saturated carbocycles. The monoisotopic (exact) mass is 272 g/mol. The summed E-state index contributed by atoms with van der Waals surface area (Å²) < 4.78 is 17.6. The molecule has 20 heavy (non-hydrogen) atoms. The van der Waals surface area contributed by atoms with E-state index in [9.17, 15) is 14.0 Å². The summed E-state index contributed by atoms with van der Waals surface area (Å²) in [5, 5.41) is 0. The first-order valence-electron chi connectivity index (χ1n) is 6.13. The number of halogens is 1. The maximum absolute atomic E-state index is 12.7. The standard InChI is InChI=1S/C16H13FO3/c17-14-8-6-12(7-9-14)10-15(18)16(19)20-11-13-4-2-1-3-5-13/h1-9H,10-11H2. The van der Waals surface area contributed by atoms with Gasteiger partial charge in [-0.15, -0.1) is 0 Å². The van der Waals surface area contributed by atoms with E-state index in [0.717, 1.165) is 5.56 Å². The molecule has 0 amide bonds. The lowest BCUT2D eigenvalue weighted by molar-refractivity contribution is -0.154. The first-order chi connectivity index (χ1) is 9.65. The molecule has 0 saturated heterocycles. The van der Waals surface area contributed by atoms with Crippen molar-refractivity contribution in [1.29, 1.82) is 0 Å². The van der Waals surface area contributed by atoms with Crippen LogP contribution in [0.2, 0.25) is 0 Å². The Labute approximate surface area is 116 Å². The lowest BCUT2D eigenvalue weighted by Gasteiger charge is -2.04. The second kappa shape index (κ2) is 6.61. The SMILES string of the molecule is O=C(Cc1ccc(F)cc1)C(=O)OCc1ccccc1. The average Bonchev–Trinajstić information content (AvgIpc) is 2.48. The van der Waals surface area contributed by atoms with Crippen molar-refractivity contribution in [2.45, 2.75) is 13.0 Å². The summed E-state index contributed by atoms with van der Waals surface area (Å²) in [6.45, 7) is 0.0643. The van der Waals surface area contributed by atoms with Crippen molar-refractivity contribution in [2.75, 3.05) is 0 Å². The van der Waals surface area contributed by atoms with Gasteiger partial charge in [-0.3, -0.25) is 4.79 Å². The Balaban J connectivity index is 1.86. The number of hydrogen-bond donors (Lipinski definition) is 0. The van der Waals surface area contributed by atoms with E-state index >= 15 is 0 Å². The van der Waals surface area contributed by atoms with E-state index in [1.165, 1.54) is 24.3 Å². The Kier molecular flexibility index (Phi) is 4.60. The average molecular weight is 272 g/mol. The van der Waals surface area contributed by atoms with Crippen LogP contribution < -0.4 is 0 Å². The molecular weight excluding hydrogens is 259 g/mol. The molecular formula is C16H13FO3. The fourth-order valence-corrected chi connectivity index (χ4v) is 1.66. The highest BCUT2D eigenvalue weighted by molar-refractivity contribution is 6.34. The first kappa shape index (κ1) is 13.9.